The Morgan fingerprint density at radius 1 is 0.591 bits per heavy atom. The van der Waals surface area contributed by atoms with E-state index in [-0.39, 0.29) is 75.4 Å². The van der Waals surface area contributed by atoms with E-state index in [4.69, 9.17) is 18.9 Å². The van der Waals surface area contributed by atoms with Gasteiger partial charge in [0.15, 0.2) is 0 Å². The quantitative estimate of drug-likeness (QED) is 0.127. The van der Waals surface area contributed by atoms with E-state index in [0.29, 0.717) is 0 Å². The molecule has 0 spiro atoms. The summed E-state index contributed by atoms with van der Waals surface area (Å²) < 4.78 is 74.9. The average Bonchev–Trinajstić information content (AvgIpc) is 2.85. The molecular weight excluding hydrogens is 620 g/mol. The molecule has 0 aromatic heterocycles. The van der Waals surface area contributed by atoms with Gasteiger partial charge < -0.3 is 18.9 Å². The first kappa shape index (κ1) is 42.0. The fraction of sp³-hybridized carbons (Fsp3) is 0.857. The molecular formula is C28H52N2O12S2. The maximum absolute atomic E-state index is 12.8. The third kappa shape index (κ3) is 16.4. The summed E-state index contributed by atoms with van der Waals surface area (Å²) in [5.41, 5.74) is -1.79. The van der Waals surface area contributed by atoms with E-state index in [0.717, 1.165) is 8.61 Å². The monoisotopic (exact) mass is 672 g/mol. The third-order valence-corrected chi connectivity index (χ3v) is 9.51. The maximum atomic E-state index is 12.8. The Bertz CT molecular complexity index is 1080. The highest BCUT2D eigenvalue weighted by Crippen LogP contribution is 2.19. The number of nitrogens with zero attached hydrogens (tertiary/aromatic N) is 2. The van der Waals surface area contributed by atoms with Crippen molar-refractivity contribution in [3.8, 4) is 0 Å². The van der Waals surface area contributed by atoms with E-state index in [1.165, 1.54) is 27.7 Å². The van der Waals surface area contributed by atoms with Crippen LogP contribution in [0.25, 0.3) is 0 Å². The zero-order chi connectivity index (χ0) is 34.5. The molecule has 0 amide bonds. The smallest absolute Gasteiger partial charge is 0.325 e. The lowest BCUT2D eigenvalue weighted by molar-refractivity contribution is -0.161. The van der Waals surface area contributed by atoms with Gasteiger partial charge in [0.05, 0.1) is 37.9 Å². The first-order valence-electron chi connectivity index (χ1n) is 14.6. The van der Waals surface area contributed by atoms with Crippen LogP contribution >= 0.6 is 0 Å². The zero-order valence-corrected chi connectivity index (χ0v) is 29.5. The fourth-order valence-electron chi connectivity index (χ4n) is 3.83. The van der Waals surface area contributed by atoms with E-state index in [1.807, 2.05) is 0 Å². The van der Waals surface area contributed by atoms with Crippen molar-refractivity contribution in [2.75, 3.05) is 51.0 Å². The topological polar surface area (TPSA) is 180 Å². The van der Waals surface area contributed by atoms with Gasteiger partial charge in [-0.25, -0.2) is 16.8 Å². The van der Waals surface area contributed by atoms with Crippen molar-refractivity contribution in [3.05, 3.63) is 0 Å². The van der Waals surface area contributed by atoms with Crippen LogP contribution < -0.4 is 0 Å². The molecule has 14 nitrogen and oxygen atoms in total. The van der Waals surface area contributed by atoms with Crippen molar-refractivity contribution in [3.63, 3.8) is 0 Å². The third-order valence-electron chi connectivity index (χ3n) is 5.74. The number of esters is 2. The van der Waals surface area contributed by atoms with Crippen molar-refractivity contribution < 1.29 is 55.0 Å². The molecule has 0 heterocycles. The molecule has 0 saturated carbocycles. The Hall–Kier alpha value is -1.98. The summed E-state index contributed by atoms with van der Waals surface area (Å²) >= 11 is 0. The van der Waals surface area contributed by atoms with Crippen LogP contribution in [0.3, 0.4) is 0 Å². The van der Waals surface area contributed by atoms with Crippen molar-refractivity contribution in [2.24, 2.45) is 0 Å². The van der Waals surface area contributed by atoms with E-state index >= 15 is 0 Å². The number of hydrogen-bond donors (Lipinski definition) is 0. The summed E-state index contributed by atoms with van der Waals surface area (Å²) in [6.07, 6.45) is -0.718. The maximum Gasteiger partial charge on any atom is 0.325 e. The lowest BCUT2D eigenvalue weighted by Crippen LogP contribution is -2.50. The summed E-state index contributed by atoms with van der Waals surface area (Å²) in [7, 11) is -7.85. The van der Waals surface area contributed by atoms with Crippen molar-refractivity contribution >= 4 is 43.6 Å². The van der Waals surface area contributed by atoms with Crippen LogP contribution in [0.2, 0.25) is 0 Å². The Balaban J connectivity index is 5.36. The Morgan fingerprint density at radius 2 is 0.886 bits per heavy atom. The van der Waals surface area contributed by atoms with E-state index < -0.39 is 55.3 Å². The van der Waals surface area contributed by atoms with Gasteiger partial charge in [-0.05, 0) is 69.2 Å². The van der Waals surface area contributed by atoms with Gasteiger partial charge in [0.2, 0.25) is 20.0 Å². The molecule has 0 N–H and O–H groups in total. The molecule has 0 fully saturated rings. The molecule has 0 aliphatic carbocycles. The van der Waals surface area contributed by atoms with Gasteiger partial charge in [0, 0.05) is 25.9 Å². The van der Waals surface area contributed by atoms with Crippen LogP contribution in [0, 0.1) is 0 Å². The van der Waals surface area contributed by atoms with Gasteiger partial charge in [0.25, 0.3) is 0 Å². The van der Waals surface area contributed by atoms with Gasteiger partial charge in [-0.15, -0.1) is 0 Å². The number of ether oxygens (including phenoxy) is 4. The van der Waals surface area contributed by atoms with E-state index in [2.05, 4.69) is 0 Å². The molecule has 0 radical (unpaired) electrons. The summed E-state index contributed by atoms with van der Waals surface area (Å²) in [4.78, 5) is 49.4. The van der Waals surface area contributed by atoms with Crippen LogP contribution in [0.15, 0.2) is 0 Å². The van der Waals surface area contributed by atoms with Crippen molar-refractivity contribution in [1.82, 2.24) is 8.61 Å². The summed E-state index contributed by atoms with van der Waals surface area (Å²) in [6.45, 7) is 14.4. The number of carbonyl (C=O) groups excluding carboxylic acids is 4. The molecule has 0 aliphatic rings. The van der Waals surface area contributed by atoms with Crippen LogP contribution in [0.5, 0.6) is 0 Å². The predicted molar refractivity (Wildman–Crippen MR) is 164 cm³/mol. The number of carbonyl (C=O) groups is 4. The molecule has 0 aliphatic heterocycles. The average molecular weight is 673 g/mol. The predicted octanol–water partition coefficient (Wildman–Crippen LogP) is 1.70. The van der Waals surface area contributed by atoms with Crippen LogP contribution in [0.4, 0.5) is 0 Å². The molecule has 0 aromatic rings. The largest absolute Gasteiger partial charge is 0.459 e. The number of sulfonamides is 2. The van der Waals surface area contributed by atoms with Gasteiger partial charge in [-0.3, -0.25) is 19.2 Å². The number of hydrogen-bond acceptors (Lipinski definition) is 12. The summed E-state index contributed by atoms with van der Waals surface area (Å²) in [6, 6.07) is -2.70. The molecule has 2 atom stereocenters. The van der Waals surface area contributed by atoms with E-state index in [9.17, 15) is 36.0 Å². The summed E-state index contributed by atoms with van der Waals surface area (Å²) in [5, 5.41) is 0. The fourth-order valence-corrected chi connectivity index (χ4v) is 6.30. The van der Waals surface area contributed by atoms with E-state index in [1.54, 1.807) is 41.5 Å². The lowest BCUT2D eigenvalue weighted by Gasteiger charge is -2.31. The number of Topliss-reactive ketones (excluding diaryl/α,β-unsaturated/α-hetero) is 2. The van der Waals surface area contributed by atoms with Crippen LogP contribution in [0.1, 0.15) is 82.1 Å². The van der Waals surface area contributed by atoms with Gasteiger partial charge in [0.1, 0.15) is 34.9 Å². The van der Waals surface area contributed by atoms with Crippen LogP contribution in [-0.4, -0.2) is 123 Å². The molecule has 0 aromatic carbocycles. The minimum absolute atomic E-state index is 0.00665. The molecule has 0 unspecified atom stereocenters. The van der Waals surface area contributed by atoms with Crippen LogP contribution in [-0.2, 0) is 58.2 Å². The molecule has 0 bridgehead atoms. The highest BCUT2D eigenvalue weighted by molar-refractivity contribution is 7.89. The standard InChI is InChI=1S/C28H52N2O12S2/c1-11-43(35,36)29(23(19-21(3)31)25(33)41-27(5,6)7)13-15-39-17-18-40-16-14-30(44(37,38)12-2)24(20-22(4)32)26(34)42-28(8,9)10/h23-24H,11-20H2,1-10H3/t23-,24-/m0/s1. The molecule has 258 valence electrons. The van der Waals surface area contributed by atoms with Crippen molar-refractivity contribution in [2.45, 2.75) is 105 Å². The zero-order valence-electron chi connectivity index (χ0n) is 27.8. The second-order valence-electron chi connectivity index (χ2n) is 12.2. The van der Waals surface area contributed by atoms with Gasteiger partial charge >= 0.3 is 11.9 Å². The Kier molecular flexibility index (Phi) is 17.4. The second-order valence-corrected chi connectivity index (χ2v) is 16.6. The van der Waals surface area contributed by atoms with Gasteiger partial charge in [-0.1, -0.05) is 0 Å². The normalized spacial score (nSPS) is 14.4. The molecule has 0 rings (SSSR count). The minimum Gasteiger partial charge on any atom is -0.459 e. The van der Waals surface area contributed by atoms with Gasteiger partial charge in [-0.2, -0.15) is 8.61 Å². The first-order chi connectivity index (χ1) is 20.0. The lowest BCUT2D eigenvalue weighted by atomic mass is 10.1. The summed E-state index contributed by atoms with van der Waals surface area (Å²) in [5.74, 6) is -3.06. The molecule has 44 heavy (non-hydrogen) atoms. The Labute approximate surface area is 263 Å². The number of ketones is 2. The van der Waals surface area contributed by atoms with Crippen molar-refractivity contribution in [1.29, 1.82) is 0 Å². The second kappa shape index (κ2) is 18.2. The SMILES string of the molecule is CCS(=O)(=O)N(CCOCCOCCN([C@@H](CC(C)=O)C(=O)OC(C)(C)C)S(=O)(=O)CC)[C@@H](CC(C)=O)C(=O)OC(C)(C)C. The molecule has 0 saturated heterocycles. The highest BCUT2D eigenvalue weighted by Gasteiger charge is 2.38. The first-order valence-corrected chi connectivity index (χ1v) is 17.8. The minimum atomic E-state index is -3.92. The Morgan fingerprint density at radius 3 is 1.11 bits per heavy atom. The number of rotatable bonds is 21. The molecule has 16 heteroatoms. The highest BCUT2D eigenvalue weighted by atomic mass is 32.2.